The average molecular weight is 336 g/mol. The average Bonchev–Trinajstić information content (AvgIpc) is 2.52. The number of ether oxygens (including phenoxy) is 1. The Hall–Kier alpha value is -2.34. The maximum atomic E-state index is 13.7. The van der Waals surface area contributed by atoms with Crippen LogP contribution in [0.4, 0.5) is 8.78 Å². The van der Waals surface area contributed by atoms with Crippen LogP contribution in [0.5, 0.6) is 0 Å². The molecular formula is C17H14F2O3S. The molecule has 0 atom stereocenters. The number of aliphatic carboxylic acids is 1. The fourth-order valence-electron chi connectivity index (χ4n) is 1.98. The summed E-state index contributed by atoms with van der Waals surface area (Å²) in [6.45, 7) is 0. The molecule has 2 aromatic carbocycles. The van der Waals surface area contributed by atoms with Gasteiger partial charge in [-0.1, -0.05) is 24.3 Å². The summed E-state index contributed by atoms with van der Waals surface area (Å²) in [6.07, 6.45) is 1.13. The van der Waals surface area contributed by atoms with Crippen LogP contribution in [0.3, 0.4) is 0 Å². The minimum absolute atomic E-state index is 0.0235. The number of carbonyl (C=O) groups is 1. The van der Waals surface area contributed by atoms with Gasteiger partial charge in [0.25, 0.3) is 0 Å². The molecule has 0 unspecified atom stereocenters. The van der Waals surface area contributed by atoms with Crippen molar-refractivity contribution in [3.8, 4) is 0 Å². The van der Waals surface area contributed by atoms with E-state index in [-0.39, 0.29) is 16.9 Å². The van der Waals surface area contributed by atoms with Gasteiger partial charge in [0.05, 0.1) is 13.4 Å². The Morgan fingerprint density at radius 3 is 2.43 bits per heavy atom. The lowest BCUT2D eigenvalue weighted by Crippen LogP contribution is -2.02. The van der Waals surface area contributed by atoms with Crippen molar-refractivity contribution < 1.29 is 23.4 Å². The molecular weight excluding hydrogens is 322 g/mol. The van der Waals surface area contributed by atoms with Crippen molar-refractivity contribution in [2.75, 3.05) is 7.11 Å². The Balaban J connectivity index is 2.31. The summed E-state index contributed by atoms with van der Waals surface area (Å²) in [5, 5.41) is 9.28. The van der Waals surface area contributed by atoms with E-state index in [1.54, 1.807) is 24.3 Å². The van der Waals surface area contributed by atoms with Gasteiger partial charge in [0, 0.05) is 21.8 Å². The maximum Gasteiger partial charge on any atom is 0.339 e. The van der Waals surface area contributed by atoms with Gasteiger partial charge in [-0.05, 0) is 18.2 Å². The zero-order valence-corrected chi connectivity index (χ0v) is 13.1. The largest absolute Gasteiger partial charge is 0.503 e. The second-order valence-corrected chi connectivity index (χ2v) is 5.57. The lowest BCUT2D eigenvalue weighted by atomic mass is 10.1. The molecule has 0 saturated carbocycles. The predicted octanol–water partition coefficient (Wildman–Crippen LogP) is 4.33. The van der Waals surface area contributed by atoms with Crippen molar-refractivity contribution in [2.24, 2.45) is 0 Å². The van der Waals surface area contributed by atoms with Crippen LogP contribution >= 0.6 is 11.8 Å². The molecule has 1 N–H and O–H groups in total. The smallest absolute Gasteiger partial charge is 0.339 e. The fraction of sp³-hybridized carbons (Fsp3) is 0.118. The van der Waals surface area contributed by atoms with Gasteiger partial charge in [0.1, 0.15) is 17.2 Å². The van der Waals surface area contributed by atoms with Crippen molar-refractivity contribution in [3.63, 3.8) is 0 Å². The van der Waals surface area contributed by atoms with E-state index >= 15 is 0 Å². The molecule has 0 radical (unpaired) electrons. The zero-order valence-electron chi connectivity index (χ0n) is 12.3. The molecule has 0 aliphatic carbocycles. The van der Waals surface area contributed by atoms with E-state index in [0.717, 1.165) is 18.0 Å². The van der Waals surface area contributed by atoms with Crippen LogP contribution in [-0.2, 0) is 15.3 Å². The third-order valence-corrected chi connectivity index (χ3v) is 4.18. The molecule has 2 rings (SSSR count). The van der Waals surface area contributed by atoms with E-state index in [1.807, 2.05) is 0 Å². The predicted molar refractivity (Wildman–Crippen MR) is 85.0 cm³/mol. The number of thioether (sulfide) groups is 1. The van der Waals surface area contributed by atoms with Crippen LogP contribution in [0.15, 0.2) is 53.6 Å². The molecule has 6 heteroatoms. The van der Waals surface area contributed by atoms with Crippen molar-refractivity contribution in [3.05, 3.63) is 71.5 Å². The number of carboxylic acid groups (broad SMARTS) is 1. The van der Waals surface area contributed by atoms with Gasteiger partial charge in [-0.25, -0.2) is 13.6 Å². The molecule has 120 valence electrons. The second-order valence-electron chi connectivity index (χ2n) is 4.56. The highest BCUT2D eigenvalue weighted by Crippen LogP contribution is 2.32. The first-order valence-electron chi connectivity index (χ1n) is 6.66. The van der Waals surface area contributed by atoms with Crippen molar-refractivity contribution in [2.45, 2.75) is 10.6 Å². The number of rotatable bonds is 6. The van der Waals surface area contributed by atoms with Gasteiger partial charge in [0.2, 0.25) is 0 Å². The SMILES string of the molecule is COC=C(C(=O)O)c1ccccc1SCc1c(F)cccc1F. The van der Waals surface area contributed by atoms with Gasteiger partial charge in [-0.15, -0.1) is 11.8 Å². The van der Waals surface area contributed by atoms with Crippen molar-refractivity contribution >= 4 is 23.3 Å². The third-order valence-electron chi connectivity index (χ3n) is 3.08. The minimum Gasteiger partial charge on any atom is -0.503 e. The standard InChI is InChI=1S/C17H14F2O3S/c1-22-9-12(17(20)21)11-5-2-3-8-16(11)23-10-13-14(18)6-4-7-15(13)19/h2-9H,10H2,1H3,(H,20,21). The number of benzene rings is 2. The number of carboxylic acids is 1. The van der Waals surface area contributed by atoms with Gasteiger partial charge < -0.3 is 9.84 Å². The van der Waals surface area contributed by atoms with E-state index in [2.05, 4.69) is 0 Å². The molecule has 0 aromatic heterocycles. The first-order chi connectivity index (χ1) is 11.0. The van der Waals surface area contributed by atoms with E-state index in [1.165, 1.54) is 25.3 Å². The molecule has 2 aromatic rings. The molecule has 3 nitrogen and oxygen atoms in total. The maximum absolute atomic E-state index is 13.7. The number of hydrogen-bond donors (Lipinski definition) is 1. The second kappa shape index (κ2) is 7.78. The quantitative estimate of drug-likeness (QED) is 0.484. The highest BCUT2D eigenvalue weighted by molar-refractivity contribution is 7.98. The van der Waals surface area contributed by atoms with Crippen LogP contribution in [0, 0.1) is 11.6 Å². The normalized spacial score (nSPS) is 11.3. The highest BCUT2D eigenvalue weighted by atomic mass is 32.2. The molecule has 0 bridgehead atoms. The molecule has 0 spiro atoms. The van der Waals surface area contributed by atoms with Crippen LogP contribution in [0.25, 0.3) is 5.57 Å². The molecule has 0 fully saturated rings. The lowest BCUT2D eigenvalue weighted by Gasteiger charge is -2.10. The first kappa shape index (κ1) is 17.0. The molecule has 0 aliphatic heterocycles. The van der Waals surface area contributed by atoms with Gasteiger partial charge in [0.15, 0.2) is 0 Å². The Morgan fingerprint density at radius 2 is 1.83 bits per heavy atom. The van der Waals surface area contributed by atoms with Crippen molar-refractivity contribution in [1.82, 2.24) is 0 Å². The summed E-state index contributed by atoms with van der Waals surface area (Å²) >= 11 is 1.16. The summed E-state index contributed by atoms with van der Waals surface area (Å²) in [5.41, 5.74) is 0.369. The molecule has 0 amide bonds. The Bertz CT molecular complexity index is 724. The minimum atomic E-state index is -1.14. The summed E-state index contributed by atoms with van der Waals surface area (Å²) in [5.74, 6) is -2.34. The molecule has 0 aliphatic rings. The Kier molecular flexibility index (Phi) is 5.76. The third kappa shape index (κ3) is 4.10. The van der Waals surface area contributed by atoms with Gasteiger partial charge in [-0.2, -0.15) is 0 Å². The number of halogens is 2. The molecule has 0 saturated heterocycles. The first-order valence-corrected chi connectivity index (χ1v) is 7.64. The van der Waals surface area contributed by atoms with Crippen LogP contribution in [0.1, 0.15) is 11.1 Å². The highest BCUT2D eigenvalue weighted by Gasteiger charge is 2.16. The number of hydrogen-bond acceptors (Lipinski definition) is 3. The number of methoxy groups -OCH3 is 1. The summed E-state index contributed by atoms with van der Waals surface area (Å²) < 4.78 is 32.2. The lowest BCUT2D eigenvalue weighted by molar-refractivity contribution is -0.130. The molecule has 23 heavy (non-hydrogen) atoms. The van der Waals surface area contributed by atoms with Gasteiger partial charge in [-0.3, -0.25) is 0 Å². The molecule has 0 heterocycles. The van der Waals surface area contributed by atoms with Crippen LogP contribution < -0.4 is 0 Å². The fourth-order valence-corrected chi connectivity index (χ4v) is 3.07. The Morgan fingerprint density at radius 1 is 1.17 bits per heavy atom. The summed E-state index contributed by atoms with van der Waals surface area (Å²) in [6, 6.07) is 10.4. The van der Waals surface area contributed by atoms with Gasteiger partial charge >= 0.3 is 5.97 Å². The van der Waals surface area contributed by atoms with E-state index in [9.17, 15) is 18.7 Å². The van der Waals surface area contributed by atoms with E-state index in [0.29, 0.717) is 10.5 Å². The van der Waals surface area contributed by atoms with Crippen molar-refractivity contribution in [1.29, 1.82) is 0 Å². The Labute approximate surface area is 136 Å². The summed E-state index contributed by atoms with van der Waals surface area (Å²) in [7, 11) is 1.35. The summed E-state index contributed by atoms with van der Waals surface area (Å²) in [4.78, 5) is 11.9. The topological polar surface area (TPSA) is 46.5 Å². The monoisotopic (exact) mass is 336 g/mol. The van der Waals surface area contributed by atoms with Crippen LogP contribution in [0.2, 0.25) is 0 Å². The van der Waals surface area contributed by atoms with E-state index < -0.39 is 17.6 Å². The zero-order chi connectivity index (χ0) is 16.8. The van der Waals surface area contributed by atoms with Crippen LogP contribution in [-0.4, -0.2) is 18.2 Å². The van der Waals surface area contributed by atoms with E-state index in [4.69, 9.17) is 4.74 Å².